The summed E-state index contributed by atoms with van der Waals surface area (Å²) in [7, 11) is 0. The standard InChI is InChI=1S/C8H8N2S3/c9-8-10-6(5-13-8)4-12-7-2-1-3-11-7/h1-3,5H,4H2,(H2,9,10). The summed E-state index contributed by atoms with van der Waals surface area (Å²) in [5, 5.41) is 4.75. The molecule has 0 aliphatic carbocycles. The molecule has 2 heterocycles. The second-order valence-electron chi connectivity index (χ2n) is 2.40. The van der Waals surface area contributed by atoms with E-state index < -0.39 is 0 Å². The van der Waals surface area contributed by atoms with Crippen LogP contribution in [0.1, 0.15) is 5.69 Å². The first-order valence-corrected chi connectivity index (χ1v) is 6.45. The highest BCUT2D eigenvalue weighted by Crippen LogP contribution is 2.27. The predicted molar refractivity (Wildman–Crippen MR) is 60.4 cm³/mol. The lowest BCUT2D eigenvalue weighted by Crippen LogP contribution is -1.83. The molecule has 0 aromatic carbocycles. The highest BCUT2D eigenvalue weighted by Gasteiger charge is 2.00. The first-order chi connectivity index (χ1) is 6.34. The van der Waals surface area contributed by atoms with Gasteiger partial charge in [0.15, 0.2) is 5.13 Å². The van der Waals surface area contributed by atoms with Crippen molar-refractivity contribution in [2.24, 2.45) is 0 Å². The topological polar surface area (TPSA) is 38.9 Å². The van der Waals surface area contributed by atoms with Gasteiger partial charge < -0.3 is 5.73 Å². The summed E-state index contributed by atoms with van der Waals surface area (Å²) in [6, 6.07) is 4.17. The van der Waals surface area contributed by atoms with Crippen LogP contribution in [0.5, 0.6) is 0 Å². The number of thiazole rings is 1. The van der Waals surface area contributed by atoms with Gasteiger partial charge in [-0.2, -0.15) is 0 Å². The molecule has 0 atom stereocenters. The Bertz CT molecular complexity index is 366. The minimum atomic E-state index is 0.654. The Morgan fingerprint density at radius 1 is 1.46 bits per heavy atom. The van der Waals surface area contributed by atoms with E-state index in [2.05, 4.69) is 22.5 Å². The van der Waals surface area contributed by atoms with Crippen LogP contribution in [0.2, 0.25) is 0 Å². The van der Waals surface area contributed by atoms with Gasteiger partial charge in [-0.15, -0.1) is 34.4 Å². The largest absolute Gasteiger partial charge is 0.375 e. The third-order valence-corrected chi connectivity index (χ3v) is 4.31. The first-order valence-electron chi connectivity index (χ1n) is 3.71. The van der Waals surface area contributed by atoms with Gasteiger partial charge in [-0.25, -0.2) is 4.98 Å². The van der Waals surface area contributed by atoms with E-state index in [1.54, 1.807) is 23.1 Å². The highest BCUT2D eigenvalue weighted by atomic mass is 32.2. The smallest absolute Gasteiger partial charge is 0.180 e. The van der Waals surface area contributed by atoms with Crippen LogP contribution < -0.4 is 5.73 Å². The van der Waals surface area contributed by atoms with Crippen LogP contribution in [0.25, 0.3) is 0 Å². The minimum Gasteiger partial charge on any atom is -0.375 e. The minimum absolute atomic E-state index is 0.654. The summed E-state index contributed by atoms with van der Waals surface area (Å²) in [6.45, 7) is 0. The van der Waals surface area contributed by atoms with E-state index in [0.29, 0.717) is 5.13 Å². The fourth-order valence-electron chi connectivity index (χ4n) is 0.880. The summed E-state index contributed by atoms with van der Waals surface area (Å²) >= 11 is 5.06. The van der Waals surface area contributed by atoms with E-state index in [9.17, 15) is 0 Å². The Labute approximate surface area is 88.8 Å². The van der Waals surface area contributed by atoms with Crippen molar-refractivity contribution in [3.63, 3.8) is 0 Å². The lowest BCUT2D eigenvalue weighted by Gasteiger charge is -1.92. The lowest BCUT2D eigenvalue weighted by atomic mass is 10.6. The summed E-state index contributed by atoms with van der Waals surface area (Å²) in [5.74, 6) is 0.911. The Balaban J connectivity index is 1.93. The van der Waals surface area contributed by atoms with Crippen LogP contribution in [-0.4, -0.2) is 4.98 Å². The maximum Gasteiger partial charge on any atom is 0.180 e. The average Bonchev–Trinajstić information content (AvgIpc) is 2.71. The van der Waals surface area contributed by atoms with Crippen LogP contribution in [0, 0.1) is 0 Å². The van der Waals surface area contributed by atoms with Crippen LogP contribution >= 0.6 is 34.4 Å². The molecule has 0 aliphatic rings. The van der Waals surface area contributed by atoms with E-state index in [1.807, 2.05) is 5.38 Å². The molecule has 0 bridgehead atoms. The third kappa shape index (κ3) is 2.46. The fourth-order valence-corrected chi connectivity index (χ4v) is 3.22. The number of thioether (sulfide) groups is 1. The summed E-state index contributed by atoms with van der Waals surface area (Å²) in [5.41, 5.74) is 6.60. The molecule has 2 aromatic heterocycles. The molecular weight excluding hydrogens is 220 g/mol. The predicted octanol–water partition coefficient (Wildman–Crippen LogP) is 3.08. The molecule has 0 aliphatic heterocycles. The molecule has 2 N–H and O–H groups in total. The zero-order chi connectivity index (χ0) is 9.10. The third-order valence-electron chi connectivity index (χ3n) is 1.43. The van der Waals surface area contributed by atoms with E-state index in [0.717, 1.165) is 11.4 Å². The Hall–Kier alpha value is -0.520. The second-order valence-corrected chi connectivity index (χ2v) is 5.51. The molecule has 13 heavy (non-hydrogen) atoms. The van der Waals surface area contributed by atoms with Crippen molar-refractivity contribution in [2.75, 3.05) is 5.73 Å². The van der Waals surface area contributed by atoms with Gasteiger partial charge >= 0.3 is 0 Å². The lowest BCUT2D eigenvalue weighted by molar-refractivity contribution is 1.24. The van der Waals surface area contributed by atoms with Crippen molar-refractivity contribution in [3.8, 4) is 0 Å². The van der Waals surface area contributed by atoms with Crippen molar-refractivity contribution in [1.29, 1.82) is 0 Å². The van der Waals surface area contributed by atoms with Crippen molar-refractivity contribution >= 4 is 39.6 Å². The molecule has 0 unspecified atom stereocenters. The maximum absolute atomic E-state index is 5.53. The van der Waals surface area contributed by atoms with Gasteiger partial charge in [0, 0.05) is 11.1 Å². The number of nitrogen functional groups attached to an aromatic ring is 1. The monoisotopic (exact) mass is 228 g/mol. The molecule has 5 heteroatoms. The quantitative estimate of drug-likeness (QED) is 0.821. The van der Waals surface area contributed by atoms with Gasteiger partial charge in [-0.05, 0) is 11.4 Å². The fraction of sp³-hybridized carbons (Fsp3) is 0.125. The molecule has 68 valence electrons. The first kappa shape index (κ1) is 9.05. The molecule has 2 nitrogen and oxygen atoms in total. The molecule has 2 rings (SSSR count). The number of nitrogens with two attached hydrogens (primary N) is 1. The summed E-state index contributed by atoms with van der Waals surface area (Å²) in [4.78, 5) is 4.19. The Morgan fingerprint density at radius 2 is 2.38 bits per heavy atom. The van der Waals surface area contributed by atoms with Gasteiger partial charge in [0.05, 0.1) is 9.90 Å². The highest BCUT2D eigenvalue weighted by molar-refractivity contribution is 8.00. The van der Waals surface area contributed by atoms with Gasteiger partial charge in [0.2, 0.25) is 0 Å². The molecule has 0 fully saturated rings. The molecule has 2 aromatic rings. The number of rotatable bonds is 3. The summed E-state index contributed by atoms with van der Waals surface area (Å²) in [6.07, 6.45) is 0. The van der Waals surface area contributed by atoms with Crippen molar-refractivity contribution in [2.45, 2.75) is 9.96 Å². The van der Waals surface area contributed by atoms with Crippen LogP contribution in [0.4, 0.5) is 5.13 Å². The zero-order valence-electron chi connectivity index (χ0n) is 6.77. The van der Waals surface area contributed by atoms with E-state index in [1.165, 1.54) is 15.5 Å². The van der Waals surface area contributed by atoms with Crippen LogP contribution in [0.3, 0.4) is 0 Å². The van der Waals surface area contributed by atoms with Gasteiger partial charge in [0.25, 0.3) is 0 Å². The van der Waals surface area contributed by atoms with Crippen molar-refractivity contribution < 1.29 is 0 Å². The SMILES string of the molecule is Nc1nc(CSc2cccs2)cs1. The van der Waals surface area contributed by atoms with E-state index in [-0.39, 0.29) is 0 Å². The number of nitrogens with zero attached hydrogens (tertiary/aromatic N) is 1. The normalized spacial score (nSPS) is 10.5. The average molecular weight is 228 g/mol. The van der Waals surface area contributed by atoms with Crippen molar-refractivity contribution in [3.05, 3.63) is 28.6 Å². The zero-order valence-corrected chi connectivity index (χ0v) is 9.22. The molecule has 0 saturated carbocycles. The van der Waals surface area contributed by atoms with Gasteiger partial charge in [0.1, 0.15) is 0 Å². The second kappa shape index (κ2) is 4.13. The molecule has 0 amide bonds. The van der Waals surface area contributed by atoms with E-state index in [4.69, 9.17) is 5.73 Å². The number of thiophene rings is 1. The molecular formula is C8H8N2S3. The summed E-state index contributed by atoms with van der Waals surface area (Å²) < 4.78 is 1.33. The van der Waals surface area contributed by atoms with Crippen LogP contribution in [0.15, 0.2) is 27.1 Å². The van der Waals surface area contributed by atoms with Gasteiger partial charge in [-0.1, -0.05) is 6.07 Å². The number of anilines is 1. The van der Waals surface area contributed by atoms with Crippen molar-refractivity contribution in [1.82, 2.24) is 4.98 Å². The Kier molecular flexibility index (Phi) is 2.87. The van der Waals surface area contributed by atoms with E-state index >= 15 is 0 Å². The molecule has 0 saturated heterocycles. The molecule has 0 radical (unpaired) electrons. The maximum atomic E-state index is 5.53. The number of hydrogen-bond donors (Lipinski definition) is 1. The Morgan fingerprint density at radius 3 is 3.00 bits per heavy atom. The van der Waals surface area contributed by atoms with Gasteiger partial charge in [-0.3, -0.25) is 0 Å². The number of hydrogen-bond acceptors (Lipinski definition) is 5. The van der Waals surface area contributed by atoms with Crippen LogP contribution in [-0.2, 0) is 5.75 Å². The number of aromatic nitrogens is 1. The molecule has 0 spiro atoms.